The molecule has 0 aliphatic carbocycles. The molecule has 15 heavy (non-hydrogen) atoms. The molecule has 0 radical (unpaired) electrons. The molecule has 0 saturated heterocycles. The van der Waals surface area contributed by atoms with Gasteiger partial charge in [0.1, 0.15) is 5.82 Å². The Balaban J connectivity index is 2.72. The van der Waals surface area contributed by atoms with Crippen LogP contribution in [0.4, 0.5) is 15.8 Å². The average Bonchev–Trinajstić information content (AvgIpc) is 2.14. The van der Waals surface area contributed by atoms with Gasteiger partial charge >= 0.3 is 0 Å². The molecular formula is C11H17FN2O. The Morgan fingerprint density at radius 2 is 2.07 bits per heavy atom. The van der Waals surface area contributed by atoms with E-state index in [1.165, 1.54) is 12.1 Å². The molecule has 0 spiro atoms. The van der Waals surface area contributed by atoms with E-state index in [9.17, 15) is 4.39 Å². The van der Waals surface area contributed by atoms with Crippen LogP contribution >= 0.6 is 0 Å². The van der Waals surface area contributed by atoms with Crippen molar-refractivity contribution < 1.29 is 9.50 Å². The minimum atomic E-state index is -0.360. The molecule has 0 amide bonds. The molecule has 3 nitrogen and oxygen atoms in total. The minimum Gasteiger partial charge on any atom is -0.399 e. The Bertz CT molecular complexity index is 310. The molecule has 0 aliphatic heterocycles. The first-order valence-electron chi connectivity index (χ1n) is 4.96. The number of aliphatic hydroxyl groups excluding tert-OH is 1. The molecule has 4 N–H and O–H groups in total. The zero-order valence-corrected chi connectivity index (χ0v) is 9.00. The van der Waals surface area contributed by atoms with Crippen LogP contribution in [0.2, 0.25) is 0 Å². The molecule has 0 saturated carbocycles. The van der Waals surface area contributed by atoms with Crippen molar-refractivity contribution in [3.05, 3.63) is 24.0 Å². The number of nitrogens with two attached hydrogens (primary N) is 1. The molecule has 2 unspecified atom stereocenters. The second-order valence-electron chi connectivity index (χ2n) is 3.87. The number of benzene rings is 1. The largest absolute Gasteiger partial charge is 0.399 e. The molecule has 1 aromatic rings. The summed E-state index contributed by atoms with van der Waals surface area (Å²) in [6.45, 7) is 3.95. The predicted octanol–water partition coefficient (Wildman–Crippen LogP) is 1.84. The van der Waals surface area contributed by atoms with Crippen LogP contribution in [0.5, 0.6) is 0 Å². The monoisotopic (exact) mass is 212 g/mol. The highest BCUT2D eigenvalue weighted by molar-refractivity contribution is 5.55. The molecule has 84 valence electrons. The molecular weight excluding hydrogens is 195 g/mol. The molecule has 0 aromatic heterocycles. The van der Waals surface area contributed by atoms with E-state index in [0.29, 0.717) is 11.4 Å². The third-order valence-corrected chi connectivity index (χ3v) is 2.46. The summed E-state index contributed by atoms with van der Waals surface area (Å²) in [5.41, 5.74) is 6.54. The van der Waals surface area contributed by atoms with Gasteiger partial charge in [-0.05, 0) is 31.0 Å². The van der Waals surface area contributed by atoms with Crippen molar-refractivity contribution in [3.63, 3.8) is 0 Å². The van der Waals surface area contributed by atoms with Gasteiger partial charge in [0, 0.05) is 24.0 Å². The van der Waals surface area contributed by atoms with Gasteiger partial charge in [-0.2, -0.15) is 0 Å². The summed E-state index contributed by atoms with van der Waals surface area (Å²) in [5, 5.41) is 12.0. The maximum absolute atomic E-state index is 13.0. The first-order chi connectivity index (χ1) is 7.02. The van der Waals surface area contributed by atoms with E-state index in [2.05, 4.69) is 5.32 Å². The molecule has 1 rings (SSSR count). The zero-order valence-electron chi connectivity index (χ0n) is 9.00. The minimum absolute atomic E-state index is 0.0659. The number of anilines is 2. The molecule has 0 bridgehead atoms. The van der Waals surface area contributed by atoms with E-state index < -0.39 is 0 Å². The maximum atomic E-state index is 13.0. The van der Waals surface area contributed by atoms with Crippen molar-refractivity contribution >= 4 is 11.4 Å². The topological polar surface area (TPSA) is 58.3 Å². The SMILES string of the molecule is CC(CO)C(C)Nc1cc(N)cc(F)c1. The quantitative estimate of drug-likeness (QED) is 0.667. The number of hydrogen-bond donors (Lipinski definition) is 3. The summed E-state index contributed by atoms with van der Waals surface area (Å²) in [7, 11) is 0. The van der Waals surface area contributed by atoms with E-state index in [1.54, 1.807) is 6.07 Å². The Labute approximate surface area is 89.1 Å². The van der Waals surface area contributed by atoms with Crippen molar-refractivity contribution in [2.45, 2.75) is 19.9 Å². The highest BCUT2D eigenvalue weighted by Gasteiger charge is 2.11. The Hall–Kier alpha value is -1.29. The smallest absolute Gasteiger partial charge is 0.127 e. The first kappa shape index (κ1) is 11.8. The summed E-state index contributed by atoms with van der Waals surface area (Å²) in [5.74, 6) is -0.254. The summed E-state index contributed by atoms with van der Waals surface area (Å²) >= 11 is 0. The van der Waals surface area contributed by atoms with Crippen molar-refractivity contribution in [2.75, 3.05) is 17.7 Å². The third-order valence-electron chi connectivity index (χ3n) is 2.46. The lowest BCUT2D eigenvalue weighted by atomic mass is 10.0. The fourth-order valence-electron chi connectivity index (χ4n) is 1.26. The third kappa shape index (κ3) is 3.40. The van der Waals surface area contributed by atoms with Crippen molar-refractivity contribution in [2.24, 2.45) is 5.92 Å². The summed E-state index contributed by atoms with van der Waals surface area (Å²) in [4.78, 5) is 0. The number of rotatable bonds is 4. The predicted molar refractivity (Wildman–Crippen MR) is 60.1 cm³/mol. The highest BCUT2D eigenvalue weighted by atomic mass is 19.1. The Kier molecular flexibility index (Phi) is 3.91. The molecule has 1 aromatic carbocycles. The number of nitrogen functional groups attached to an aromatic ring is 1. The number of nitrogens with one attached hydrogen (secondary N) is 1. The van der Waals surface area contributed by atoms with Gasteiger partial charge in [0.25, 0.3) is 0 Å². The van der Waals surface area contributed by atoms with Crippen LogP contribution in [0.1, 0.15) is 13.8 Å². The number of hydrogen-bond acceptors (Lipinski definition) is 3. The lowest BCUT2D eigenvalue weighted by Crippen LogP contribution is -2.26. The molecule has 2 atom stereocenters. The Morgan fingerprint density at radius 3 is 2.60 bits per heavy atom. The maximum Gasteiger partial charge on any atom is 0.127 e. The van der Waals surface area contributed by atoms with Crippen molar-refractivity contribution in [1.82, 2.24) is 0 Å². The van der Waals surface area contributed by atoms with Crippen LogP contribution in [0.3, 0.4) is 0 Å². The van der Waals surface area contributed by atoms with Crippen LogP contribution in [0.15, 0.2) is 18.2 Å². The molecule has 0 aliphatic rings. The van der Waals surface area contributed by atoms with E-state index in [0.717, 1.165) is 0 Å². The van der Waals surface area contributed by atoms with E-state index in [1.807, 2.05) is 13.8 Å². The lowest BCUT2D eigenvalue weighted by molar-refractivity contribution is 0.226. The normalized spacial score (nSPS) is 14.7. The fourth-order valence-corrected chi connectivity index (χ4v) is 1.26. The second kappa shape index (κ2) is 4.98. The summed E-state index contributed by atoms with van der Waals surface area (Å²) < 4.78 is 13.0. The zero-order chi connectivity index (χ0) is 11.4. The molecule has 4 heteroatoms. The van der Waals surface area contributed by atoms with Gasteiger partial charge < -0.3 is 16.2 Å². The van der Waals surface area contributed by atoms with Gasteiger partial charge in [-0.3, -0.25) is 0 Å². The van der Waals surface area contributed by atoms with Crippen LogP contribution in [0.25, 0.3) is 0 Å². The van der Waals surface area contributed by atoms with Gasteiger partial charge in [0.15, 0.2) is 0 Å². The van der Waals surface area contributed by atoms with Gasteiger partial charge in [-0.25, -0.2) is 4.39 Å². The van der Waals surface area contributed by atoms with Crippen LogP contribution in [-0.2, 0) is 0 Å². The lowest BCUT2D eigenvalue weighted by Gasteiger charge is -2.20. The molecule has 0 heterocycles. The van der Waals surface area contributed by atoms with Crippen molar-refractivity contribution in [3.8, 4) is 0 Å². The van der Waals surface area contributed by atoms with Gasteiger partial charge in [0.2, 0.25) is 0 Å². The summed E-state index contributed by atoms with van der Waals surface area (Å²) in [6.07, 6.45) is 0. The van der Waals surface area contributed by atoms with Crippen LogP contribution in [-0.4, -0.2) is 17.8 Å². The van der Waals surface area contributed by atoms with Gasteiger partial charge in [0.05, 0.1) is 0 Å². The van der Waals surface area contributed by atoms with E-state index in [-0.39, 0.29) is 24.4 Å². The molecule has 0 fully saturated rings. The second-order valence-corrected chi connectivity index (χ2v) is 3.87. The van der Waals surface area contributed by atoms with Crippen LogP contribution < -0.4 is 11.1 Å². The van der Waals surface area contributed by atoms with Gasteiger partial charge in [-0.15, -0.1) is 0 Å². The summed E-state index contributed by atoms with van der Waals surface area (Å²) in [6, 6.07) is 4.39. The van der Waals surface area contributed by atoms with E-state index >= 15 is 0 Å². The standard InChI is InChI=1S/C11H17FN2O/c1-7(6-15)8(2)14-11-4-9(12)3-10(13)5-11/h3-5,7-8,14-15H,6,13H2,1-2H3. The number of aliphatic hydroxyl groups is 1. The van der Waals surface area contributed by atoms with Crippen molar-refractivity contribution in [1.29, 1.82) is 0 Å². The first-order valence-corrected chi connectivity index (χ1v) is 4.96. The van der Waals surface area contributed by atoms with Gasteiger partial charge in [-0.1, -0.05) is 6.92 Å². The fraction of sp³-hybridized carbons (Fsp3) is 0.455. The number of halogens is 1. The highest BCUT2D eigenvalue weighted by Crippen LogP contribution is 2.18. The Morgan fingerprint density at radius 1 is 1.40 bits per heavy atom. The average molecular weight is 212 g/mol. The van der Waals surface area contributed by atoms with Crippen LogP contribution in [0, 0.1) is 11.7 Å². The van der Waals surface area contributed by atoms with E-state index in [4.69, 9.17) is 10.8 Å².